The predicted octanol–water partition coefficient (Wildman–Crippen LogP) is 2.18. The highest BCUT2D eigenvalue weighted by Crippen LogP contribution is 2.24. The summed E-state index contributed by atoms with van der Waals surface area (Å²) in [5.41, 5.74) is 0. The number of ether oxygens (including phenoxy) is 4. The van der Waals surface area contributed by atoms with Crippen molar-refractivity contribution in [2.75, 3.05) is 47.1 Å². The lowest BCUT2D eigenvalue weighted by Gasteiger charge is -2.34. The van der Waals surface area contributed by atoms with Crippen LogP contribution in [0.1, 0.15) is 32.6 Å². The molecule has 33 heavy (non-hydrogen) atoms. The molecule has 186 valence electrons. The summed E-state index contributed by atoms with van der Waals surface area (Å²) in [7, 11) is -1.24. The fourth-order valence-corrected chi connectivity index (χ4v) is 4.72. The van der Waals surface area contributed by atoms with Gasteiger partial charge in [0.25, 0.3) is 0 Å². The van der Waals surface area contributed by atoms with Crippen LogP contribution >= 0.6 is 0 Å². The summed E-state index contributed by atoms with van der Waals surface area (Å²) in [5, 5.41) is 0. The van der Waals surface area contributed by atoms with Crippen LogP contribution in [0.2, 0.25) is 0 Å². The standard InChI is InChI=1S/C22H34N2O8S/c1-4-5-14-31-18-6-8-19(9-7-18)33(27,28)23-20(21(25)30-3)17-10-12-24(13-11-17)22(26)32-16-15-29-2/h6-9,17,20,23H,4-5,10-16H2,1-3H3. The maximum atomic E-state index is 12.9. The quantitative estimate of drug-likeness (QED) is 0.353. The molecule has 0 aliphatic carbocycles. The molecule has 1 heterocycles. The maximum Gasteiger partial charge on any atom is 0.409 e. The van der Waals surface area contributed by atoms with Crippen LogP contribution in [0.4, 0.5) is 4.79 Å². The van der Waals surface area contributed by atoms with Gasteiger partial charge in [-0.3, -0.25) is 4.79 Å². The summed E-state index contributed by atoms with van der Waals surface area (Å²) in [5.74, 6) is -0.414. The van der Waals surface area contributed by atoms with Gasteiger partial charge in [0.05, 0.1) is 25.2 Å². The van der Waals surface area contributed by atoms with E-state index in [0.717, 1.165) is 12.8 Å². The molecule has 11 heteroatoms. The van der Waals surface area contributed by atoms with Gasteiger partial charge in [0, 0.05) is 20.2 Å². The van der Waals surface area contributed by atoms with Crippen LogP contribution in [0.3, 0.4) is 0 Å². The first-order valence-corrected chi connectivity index (χ1v) is 12.5. The molecule has 1 fully saturated rings. The van der Waals surface area contributed by atoms with E-state index in [1.54, 1.807) is 12.1 Å². The summed E-state index contributed by atoms with van der Waals surface area (Å²) in [6.07, 6.45) is 2.30. The number of unbranched alkanes of at least 4 members (excludes halogenated alkanes) is 1. The van der Waals surface area contributed by atoms with Gasteiger partial charge < -0.3 is 23.8 Å². The molecule has 0 radical (unpaired) electrons. The zero-order valence-electron chi connectivity index (χ0n) is 19.4. The largest absolute Gasteiger partial charge is 0.494 e. The van der Waals surface area contributed by atoms with Gasteiger partial charge in [-0.15, -0.1) is 0 Å². The summed E-state index contributed by atoms with van der Waals surface area (Å²) in [6, 6.07) is 5.00. The fraction of sp³-hybridized carbons (Fsp3) is 0.636. The van der Waals surface area contributed by atoms with Gasteiger partial charge in [0.2, 0.25) is 10.0 Å². The van der Waals surface area contributed by atoms with E-state index in [0.29, 0.717) is 44.9 Å². The number of likely N-dealkylation sites (tertiary alicyclic amines) is 1. The molecule has 10 nitrogen and oxygen atoms in total. The molecule has 1 saturated heterocycles. The molecule has 1 aromatic carbocycles. The molecule has 1 unspecified atom stereocenters. The zero-order chi connectivity index (χ0) is 24.3. The van der Waals surface area contributed by atoms with Gasteiger partial charge in [-0.1, -0.05) is 13.3 Å². The highest BCUT2D eigenvalue weighted by Gasteiger charge is 2.36. The van der Waals surface area contributed by atoms with Crippen molar-refractivity contribution in [1.29, 1.82) is 0 Å². The highest BCUT2D eigenvalue weighted by atomic mass is 32.2. The van der Waals surface area contributed by atoms with Gasteiger partial charge in [0.1, 0.15) is 18.4 Å². The Hall–Kier alpha value is -2.37. The SMILES string of the molecule is CCCCOc1ccc(S(=O)(=O)NC(C(=O)OC)C2CCN(C(=O)OCCOC)CC2)cc1. The molecule has 1 aromatic rings. The number of piperidine rings is 1. The predicted molar refractivity (Wildman–Crippen MR) is 120 cm³/mol. The lowest BCUT2D eigenvalue weighted by atomic mass is 9.90. The van der Waals surface area contributed by atoms with Crippen molar-refractivity contribution in [3.63, 3.8) is 0 Å². The van der Waals surface area contributed by atoms with Crippen LogP contribution in [0.15, 0.2) is 29.2 Å². The Bertz CT molecular complexity index is 852. The highest BCUT2D eigenvalue weighted by molar-refractivity contribution is 7.89. The number of carbonyl (C=O) groups excluding carboxylic acids is 2. The molecule has 1 N–H and O–H groups in total. The van der Waals surface area contributed by atoms with Crippen molar-refractivity contribution in [3.8, 4) is 5.75 Å². The van der Waals surface area contributed by atoms with Gasteiger partial charge in [-0.05, 0) is 49.4 Å². The van der Waals surface area contributed by atoms with Crippen LogP contribution < -0.4 is 9.46 Å². The van der Waals surface area contributed by atoms with E-state index in [9.17, 15) is 18.0 Å². The van der Waals surface area contributed by atoms with E-state index in [1.807, 2.05) is 0 Å². The molecule has 1 aliphatic heterocycles. The van der Waals surface area contributed by atoms with Crippen molar-refractivity contribution in [2.24, 2.45) is 5.92 Å². The van der Waals surface area contributed by atoms with Crippen molar-refractivity contribution in [3.05, 3.63) is 24.3 Å². The van der Waals surface area contributed by atoms with Crippen molar-refractivity contribution >= 4 is 22.1 Å². The molecule has 0 spiro atoms. The monoisotopic (exact) mass is 486 g/mol. The first-order chi connectivity index (χ1) is 15.8. The van der Waals surface area contributed by atoms with E-state index in [2.05, 4.69) is 11.6 Å². The Morgan fingerprint density at radius 1 is 1.09 bits per heavy atom. The number of sulfonamides is 1. The van der Waals surface area contributed by atoms with Crippen LogP contribution in [0.5, 0.6) is 5.75 Å². The minimum Gasteiger partial charge on any atom is -0.494 e. The zero-order valence-corrected chi connectivity index (χ0v) is 20.3. The summed E-state index contributed by atoms with van der Waals surface area (Å²) >= 11 is 0. The third-order valence-electron chi connectivity index (χ3n) is 5.42. The van der Waals surface area contributed by atoms with E-state index in [1.165, 1.54) is 31.3 Å². The number of benzene rings is 1. The number of amides is 1. The minimum absolute atomic E-state index is 0.0263. The second-order valence-electron chi connectivity index (χ2n) is 7.73. The number of hydrogen-bond acceptors (Lipinski definition) is 8. The van der Waals surface area contributed by atoms with Crippen molar-refractivity contribution in [2.45, 2.75) is 43.5 Å². The molecule has 1 aliphatic rings. The summed E-state index contributed by atoms with van der Waals surface area (Å²) in [4.78, 5) is 26.1. The van der Waals surface area contributed by atoms with E-state index < -0.39 is 28.1 Å². The second kappa shape index (κ2) is 13.4. The topological polar surface area (TPSA) is 120 Å². The number of carbonyl (C=O) groups is 2. The molecule has 1 amide bonds. The summed E-state index contributed by atoms with van der Waals surface area (Å²) in [6.45, 7) is 3.76. The third kappa shape index (κ3) is 8.17. The van der Waals surface area contributed by atoms with E-state index in [-0.39, 0.29) is 17.4 Å². The van der Waals surface area contributed by atoms with E-state index in [4.69, 9.17) is 18.9 Å². The molecular formula is C22H34N2O8S. The Kier molecular flexibility index (Phi) is 10.9. The lowest BCUT2D eigenvalue weighted by Crippen LogP contribution is -2.50. The molecule has 0 bridgehead atoms. The van der Waals surface area contributed by atoms with Crippen LogP contribution in [0.25, 0.3) is 0 Å². The number of nitrogens with one attached hydrogen (secondary N) is 1. The Balaban J connectivity index is 2.01. The third-order valence-corrected chi connectivity index (χ3v) is 6.88. The maximum absolute atomic E-state index is 12.9. The van der Waals surface area contributed by atoms with Crippen molar-refractivity contribution in [1.82, 2.24) is 9.62 Å². The van der Waals surface area contributed by atoms with Gasteiger partial charge >= 0.3 is 12.1 Å². The minimum atomic E-state index is -3.98. The Morgan fingerprint density at radius 2 is 1.76 bits per heavy atom. The average molecular weight is 487 g/mol. The second-order valence-corrected chi connectivity index (χ2v) is 9.44. The normalized spacial score (nSPS) is 15.7. The first-order valence-electron chi connectivity index (χ1n) is 11.1. The molecule has 0 saturated carbocycles. The number of esters is 1. The summed E-state index contributed by atoms with van der Waals surface area (Å²) < 4.78 is 48.8. The van der Waals surface area contributed by atoms with Crippen LogP contribution in [0, 0.1) is 5.92 Å². The number of methoxy groups -OCH3 is 2. The van der Waals surface area contributed by atoms with Crippen LogP contribution in [-0.2, 0) is 29.0 Å². The Labute approximate surface area is 195 Å². The molecule has 2 rings (SSSR count). The first kappa shape index (κ1) is 26.9. The molecule has 0 aromatic heterocycles. The average Bonchev–Trinajstić information content (AvgIpc) is 2.83. The van der Waals surface area contributed by atoms with E-state index >= 15 is 0 Å². The van der Waals surface area contributed by atoms with Gasteiger partial charge in [0.15, 0.2) is 0 Å². The number of rotatable bonds is 12. The number of nitrogens with zero attached hydrogens (tertiary/aromatic N) is 1. The van der Waals surface area contributed by atoms with Gasteiger partial charge in [-0.25, -0.2) is 13.2 Å². The van der Waals surface area contributed by atoms with Crippen molar-refractivity contribution < 1.29 is 37.0 Å². The lowest BCUT2D eigenvalue weighted by molar-refractivity contribution is -0.144. The molecular weight excluding hydrogens is 452 g/mol. The van der Waals surface area contributed by atoms with Crippen LogP contribution in [-0.4, -0.2) is 78.6 Å². The van der Waals surface area contributed by atoms with Gasteiger partial charge in [-0.2, -0.15) is 4.72 Å². The number of hydrogen-bond donors (Lipinski definition) is 1. The Morgan fingerprint density at radius 3 is 2.33 bits per heavy atom. The smallest absolute Gasteiger partial charge is 0.409 e. The fourth-order valence-electron chi connectivity index (χ4n) is 3.47. The molecule has 1 atom stereocenters.